The Morgan fingerprint density at radius 1 is 1.40 bits per heavy atom. The van der Waals surface area contributed by atoms with Gasteiger partial charge in [0.2, 0.25) is 0 Å². The van der Waals surface area contributed by atoms with E-state index in [0.29, 0.717) is 13.1 Å². The van der Waals surface area contributed by atoms with Gasteiger partial charge in [0.1, 0.15) is 0 Å². The van der Waals surface area contributed by atoms with Gasteiger partial charge >= 0.3 is 0 Å². The van der Waals surface area contributed by atoms with Gasteiger partial charge in [-0.25, -0.2) is 0 Å². The molecule has 20 heavy (non-hydrogen) atoms. The third kappa shape index (κ3) is 5.07. The van der Waals surface area contributed by atoms with E-state index in [0.717, 1.165) is 17.7 Å². The minimum absolute atomic E-state index is 0. The zero-order chi connectivity index (χ0) is 14.6. The number of halogens is 1. The van der Waals surface area contributed by atoms with Crippen LogP contribution < -0.4 is 5.73 Å². The van der Waals surface area contributed by atoms with Crippen LogP contribution in [-0.2, 0) is 6.54 Å². The van der Waals surface area contributed by atoms with Crippen molar-refractivity contribution in [2.75, 3.05) is 20.1 Å². The van der Waals surface area contributed by atoms with E-state index in [9.17, 15) is 10.1 Å². The molecule has 0 saturated heterocycles. The highest BCUT2D eigenvalue weighted by atomic mass is 35.5. The molecule has 0 heterocycles. The molecule has 0 saturated carbocycles. The summed E-state index contributed by atoms with van der Waals surface area (Å²) in [6, 6.07) is 5.22. The quantitative estimate of drug-likeness (QED) is 0.648. The van der Waals surface area contributed by atoms with Crippen LogP contribution in [0.1, 0.15) is 25.0 Å². The fourth-order valence-corrected chi connectivity index (χ4v) is 2.18. The van der Waals surface area contributed by atoms with Crippen molar-refractivity contribution in [1.82, 2.24) is 4.90 Å². The van der Waals surface area contributed by atoms with Crippen molar-refractivity contribution in [3.8, 4) is 0 Å². The van der Waals surface area contributed by atoms with Crippen molar-refractivity contribution in [2.45, 2.75) is 27.3 Å². The molecule has 5 nitrogen and oxygen atoms in total. The van der Waals surface area contributed by atoms with Crippen LogP contribution in [0.4, 0.5) is 5.69 Å². The SMILES string of the molecule is Cc1c(CN(C)CC(C)(C)CN)cccc1[N+](=O)[O-].Cl. The molecule has 0 unspecified atom stereocenters. The molecule has 0 aliphatic rings. The van der Waals surface area contributed by atoms with Crippen molar-refractivity contribution >= 4 is 18.1 Å². The van der Waals surface area contributed by atoms with Gasteiger partial charge in [-0.15, -0.1) is 12.4 Å². The van der Waals surface area contributed by atoms with Crippen LogP contribution in [0.5, 0.6) is 0 Å². The summed E-state index contributed by atoms with van der Waals surface area (Å²) in [7, 11) is 2.01. The normalized spacial score (nSPS) is 11.3. The molecular formula is C14H24ClN3O2. The highest BCUT2D eigenvalue weighted by Crippen LogP contribution is 2.23. The first kappa shape index (κ1) is 18.8. The molecule has 6 heteroatoms. The van der Waals surface area contributed by atoms with Crippen LogP contribution in [-0.4, -0.2) is 30.0 Å². The van der Waals surface area contributed by atoms with E-state index < -0.39 is 0 Å². The predicted octanol–water partition coefficient (Wildman–Crippen LogP) is 2.74. The summed E-state index contributed by atoms with van der Waals surface area (Å²) in [5.74, 6) is 0. The second-order valence-corrected chi connectivity index (χ2v) is 5.86. The smallest absolute Gasteiger partial charge is 0.272 e. The van der Waals surface area contributed by atoms with Gasteiger partial charge in [-0.1, -0.05) is 26.0 Å². The highest BCUT2D eigenvalue weighted by molar-refractivity contribution is 5.85. The Kier molecular flexibility index (Phi) is 7.13. The van der Waals surface area contributed by atoms with Crippen LogP contribution in [0, 0.1) is 22.5 Å². The molecule has 2 N–H and O–H groups in total. The fourth-order valence-electron chi connectivity index (χ4n) is 2.18. The molecule has 0 atom stereocenters. The molecule has 0 fully saturated rings. The number of hydrogen-bond donors (Lipinski definition) is 1. The monoisotopic (exact) mass is 301 g/mol. The maximum absolute atomic E-state index is 10.9. The van der Waals surface area contributed by atoms with Gasteiger partial charge in [-0.05, 0) is 31.5 Å². The number of benzene rings is 1. The number of nitrogens with two attached hydrogens (primary N) is 1. The van der Waals surface area contributed by atoms with Crippen molar-refractivity contribution in [3.63, 3.8) is 0 Å². The molecule has 1 aromatic carbocycles. The molecule has 0 bridgehead atoms. The minimum atomic E-state index is -0.331. The molecule has 0 spiro atoms. The fraction of sp³-hybridized carbons (Fsp3) is 0.571. The molecule has 1 aromatic rings. The average Bonchev–Trinajstić information content (AvgIpc) is 2.30. The minimum Gasteiger partial charge on any atom is -0.330 e. The second-order valence-electron chi connectivity index (χ2n) is 5.86. The lowest BCUT2D eigenvalue weighted by molar-refractivity contribution is -0.385. The van der Waals surface area contributed by atoms with E-state index in [1.165, 1.54) is 0 Å². The van der Waals surface area contributed by atoms with E-state index >= 15 is 0 Å². The Hall–Kier alpha value is -1.17. The largest absolute Gasteiger partial charge is 0.330 e. The van der Waals surface area contributed by atoms with Crippen LogP contribution in [0.25, 0.3) is 0 Å². The summed E-state index contributed by atoms with van der Waals surface area (Å²) >= 11 is 0. The molecule has 0 amide bonds. The summed E-state index contributed by atoms with van der Waals surface area (Å²) in [5, 5.41) is 10.9. The van der Waals surface area contributed by atoms with Gasteiger partial charge in [-0.2, -0.15) is 0 Å². The van der Waals surface area contributed by atoms with Crippen molar-refractivity contribution in [2.24, 2.45) is 11.1 Å². The number of rotatable bonds is 6. The lowest BCUT2D eigenvalue weighted by atomic mass is 9.93. The third-order valence-corrected chi connectivity index (χ3v) is 3.30. The second kappa shape index (κ2) is 7.57. The Labute approximate surface area is 126 Å². The van der Waals surface area contributed by atoms with Crippen molar-refractivity contribution in [3.05, 3.63) is 39.4 Å². The number of nitrogens with zero attached hydrogens (tertiary/aromatic N) is 2. The summed E-state index contributed by atoms with van der Waals surface area (Å²) in [6.45, 7) is 8.19. The lowest BCUT2D eigenvalue weighted by Gasteiger charge is -2.29. The van der Waals surface area contributed by atoms with E-state index in [1.54, 1.807) is 19.1 Å². The van der Waals surface area contributed by atoms with Gasteiger partial charge in [0.25, 0.3) is 5.69 Å². The highest BCUT2D eigenvalue weighted by Gasteiger charge is 2.19. The van der Waals surface area contributed by atoms with E-state index in [4.69, 9.17) is 5.73 Å². The van der Waals surface area contributed by atoms with Crippen molar-refractivity contribution < 1.29 is 4.92 Å². The maximum atomic E-state index is 10.9. The van der Waals surface area contributed by atoms with E-state index in [1.807, 2.05) is 13.1 Å². The van der Waals surface area contributed by atoms with Crippen LogP contribution in [0.3, 0.4) is 0 Å². The first-order valence-electron chi connectivity index (χ1n) is 6.38. The Bertz CT molecular complexity index is 464. The molecule has 1 rings (SSSR count). The Morgan fingerprint density at radius 3 is 2.50 bits per heavy atom. The molecule has 0 radical (unpaired) electrons. The Morgan fingerprint density at radius 2 is 2.00 bits per heavy atom. The number of nitro benzene ring substituents is 1. The van der Waals surface area contributed by atoms with Crippen LogP contribution in [0.2, 0.25) is 0 Å². The maximum Gasteiger partial charge on any atom is 0.272 e. The van der Waals surface area contributed by atoms with E-state index in [-0.39, 0.29) is 28.4 Å². The first-order chi connectivity index (χ1) is 8.76. The number of hydrogen-bond acceptors (Lipinski definition) is 4. The molecule has 0 aliphatic carbocycles. The molecule has 0 aromatic heterocycles. The number of nitro groups is 1. The summed E-state index contributed by atoms with van der Waals surface area (Å²) in [5.41, 5.74) is 7.69. The predicted molar refractivity (Wildman–Crippen MR) is 84.3 cm³/mol. The lowest BCUT2D eigenvalue weighted by Crippen LogP contribution is -2.36. The molecule has 114 valence electrons. The Balaban J connectivity index is 0.00000361. The molecular weight excluding hydrogens is 278 g/mol. The van der Waals surface area contributed by atoms with Gasteiger partial charge in [0, 0.05) is 24.7 Å². The van der Waals surface area contributed by atoms with Gasteiger partial charge in [0.15, 0.2) is 0 Å². The van der Waals surface area contributed by atoms with Crippen LogP contribution in [0.15, 0.2) is 18.2 Å². The van der Waals surface area contributed by atoms with Gasteiger partial charge in [0.05, 0.1) is 4.92 Å². The first-order valence-corrected chi connectivity index (χ1v) is 6.38. The molecule has 0 aliphatic heterocycles. The summed E-state index contributed by atoms with van der Waals surface area (Å²) in [4.78, 5) is 12.7. The van der Waals surface area contributed by atoms with Crippen molar-refractivity contribution in [1.29, 1.82) is 0 Å². The van der Waals surface area contributed by atoms with E-state index in [2.05, 4.69) is 18.7 Å². The van der Waals surface area contributed by atoms with Gasteiger partial charge in [-0.3, -0.25) is 10.1 Å². The standard InChI is InChI=1S/C14H23N3O2.ClH/c1-11-12(6-5-7-13(11)17(18)19)8-16(4)10-14(2,3)9-15;/h5-7H,8-10,15H2,1-4H3;1H. The zero-order valence-corrected chi connectivity index (χ0v) is 13.4. The average molecular weight is 302 g/mol. The van der Waals surface area contributed by atoms with Crippen LogP contribution >= 0.6 is 12.4 Å². The summed E-state index contributed by atoms with van der Waals surface area (Å²) in [6.07, 6.45) is 0. The zero-order valence-electron chi connectivity index (χ0n) is 12.5. The summed E-state index contributed by atoms with van der Waals surface area (Å²) < 4.78 is 0. The third-order valence-electron chi connectivity index (χ3n) is 3.30. The topological polar surface area (TPSA) is 72.4 Å². The van der Waals surface area contributed by atoms with Gasteiger partial charge < -0.3 is 10.6 Å².